The zero-order valence-electron chi connectivity index (χ0n) is 8.90. The Morgan fingerprint density at radius 1 is 1.50 bits per heavy atom. The summed E-state index contributed by atoms with van der Waals surface area (Å²) in [5, 5.41) is 12.4. The maximum Gasteiger partial charge on any atom is 0.323 e. The molecule has 0 aromatic heterocycles. The third-order valence-electron chi connectivity index (χ3n) is 2.64. The largest absolute Gasteiger partial charge is 0.508 e. The number of carbonyl (C=O) groups is 1. The first kappa shape index (κ1) is 12.8. The molecule has 5 heteroatoms. The van der Waals surface area contributed by atoms with Gasteiger partial charge in [0.05, 0.1) is 7.11 Å². The highest BCUT2D eigenvalue weighted by Gasteiger charge is 2.24. The molecule has 1 aromatic carbocycles. The molecular formula is C11H14ClNO3. The Balaban J connectivity index is 0.00000128. The number of hydrogen-bond acceptors (Lipinski definition) is 4. The van der Waals surface area contributed by atoms with E-state index in [0.717, 1.165) is 11.1 Å². The van der Waals surface area contributed by atoms with Crippen molar-refractivity contribution in [2.75, 3.05) is 7.11 Å². The van der Waals surface area contributed by atoms with Crippen LogP contribution in [0, 0.1) is 0 Å². The van der Waals surface area contributed by atoms with Crippen molar-refractivity contribution in [1.29, 1.82) is 0 Å². The minimum Gasteiger partial charge on any atom is -0.508 e. The lowest BCUT2D eigenvalue weighted by Gasteiger charge is -2.24. The van der Waals surface area contributed by atoms with E-state index in [-0.39, 0.29) is 30.2 Å². The van der Waals surface area contributed by atoms with Crippen molar-refractivity contribution in [2.24, 2.45) is 0 Å². The number of hydrogen-bond donors (Lipinski definition) is 2. The van der Waals surface area contributed by atoms with E-state index in [1.54, 1.807) is 12.1 Å². The molecule has 0 saturated heterocycles. The van der Waals surface area contributed by atoms with Gasteiger partial charge >= 0.3 is 5.97 Å². The van der Waals surface area contributed by atoms with E-state index in [4.69, 9.17) is 0 Å². The molecule has 1 aliphatic rings. The molecule has 2 rings (SSSR count). The van der Waals surface area contributed by atoms with Gasteiger partial charge in [0.2, 0.25) is 0 Å². The number of benzene rings is 1. The molecular weight excluding hydrogens is 230 g/mol. The Labute approximate surface area is 100 Å². The van der Waals surface area contributed by atoms with E-state index in [9.17, 15) is 9.90 Å². The highest BCUT2D eigenvalue weighted by atomic mass is 35.5. The highest BCUT2D eigenvalue weighted by Crippen LogP contribution is 2.21. The van der Waals surface area contributed by atoms with Gasteiger partial charge in [-0.25, -0.2) is 0 Å². The predicted molar refractivity (Wildman–Crippen MR) is 61.7 cm³/mol. The summed E-state index contributed by atoms with van der Waals surface area (Å²) in [5.74, 6) is 0.0146. The molecule has 1 aliphatic heterocycles. The first-order valence-electron chi connectivity index (χ1n) is 4.82. The number of phenols is 1. The molecule has 2 N–H and O–H groups in total. The molecule has 1 unspecified atom stereocenters. The van der Waals surface area contributed by atoms with Crippen LogP contribution in [0.25, 0.3) is 0 Å². The lowest BCUT2D eigenvalue weighted by Crippen LogP contribution is -2.42. The maximum absolute atomic E-state index is 11.3. The quantitative estimate of drug-likeness (QED) is 0.723. The smallest absolute Gasteiger partial charge is 0.323 e. The summed E-state index contributed by atoms with van der Waals surface area (Å²) in [4.78, 5) is 11.3. The Morgan fingerprint density at radius 3 is 2.94 bits per heavy atom. The number of nitrogens with one attached hydrogen (secondary N) is 1. The third kappa shape index (κ3) is 2.46. The molecule has 0 fully saturated rings. The van der Waals surface area contributed by atoms with Crippen LogP contribution in [0.15, 0.2) is 18.2 Å². The minimum absolute atomic E-state index is 0. The molecule has 0 bridgehead atoms. The Kier molecular flexibility index (Phi) is 4.15. The normalized spacial score (nSPS) is 18.2. The van der Waals surface area contributed by atoms with Gasteiger partial charge in [-0.15, -0.1) is 12.4 Å². The summed E-state index contributed by atoms with van der Waals surface area (Å²) in [7, 11) is 1.39. The fourth-order valence-electron chi connectivity index (χ4n) is 1.81. The fourth-order valence-corrected chi connectivity index (χ4v) is 1.81. The molecule has 88 valence electrons. The van der Waals surface area contributed by atoms with Crippen molar-refractivity contribution < 1.29 is 14.6 Å². The third-order valence-corrected chi connectivity index (χ3v) is 2.64. The van der Waals surface area contributed by atoms with Gasteiger partial charge in [-0.3, -0.25) is 4.79 Å². The number of ether oxygens (including phenoxy) is 1. The minimum atomic E-state index is -0.271. The number of methoxy groups -OCH3 is 1. The van der Waals surface area contributed by atoms with Gasteiger partial charge in [0.25, 0.3) is 0 Å². The highest BCUT2D eigenvalue weighted by molar-refractivity contribution is 5.85. The summed E-state index contributed by atoms with van der Waals surface area (Å²) in [6.07, 6.45) is 0.613. The van der Waals surface area contributed by atoms with Crippen molar-refractivity contribution >= 4 is 18.4 Å². The van der Waals surface area contributed by atoms with Gasteiger partial charge in [0.15, 0.2) is 0 Å². The Hall–Kier alpha value is -1.26. The second-order valence-corrected chi connectivity index (χ2v) is 3.61. The number of phenolic OH excluding ortho intramolecular Hbond substituents is 1. The molecule has 1 aromatic rings. The van der Waals surface area contributed by atoms with Crippen molar-refractivity contribution in [2.45, 2.75) is 19.0 Å². The van der Waals surface area contributed by atoms with Crippen molar-refractivity contribution in [1.82, 2.24) is 5.32 Å². The van der Waals surface area contributed by atoms with Gasteiger partial charge in [0.1, 0.15) is 11.8 Å². The zero-order chi connectivity index (χ0) is 10.8. The number of rotatable bonds is 1. The predicted octanol–water partition coefficient (Wildman–Crippen LogP) is 1.00. The maximum atomic E-state index is 11.3. The fraction of sp³-hybridized carbons (Fsp3) is 0.364. The zero-order valence-corrected chi connectivity index (χ0v) is 9.71. The molecule has 1 heterocycles. The Bertz CT molecular complexity index is 395. The number of carbonyl (C=O) groups excluding carboxylic acids is 1. The van der Waals surface area contributed by atoms with E-state index in [1.165, 1.54) is 7.11 Å². The van der Waals surface area contributed by atoms with Crippen molar-refractivity contribution in [3.05, 3.63) is 29.3 Å². The van der Waals surface area contributed by atoms with Crippen molar-refractivity contribution in [3.8, 4) is 5.75 Å². The van der Waals surface area contributed by atoms with Crippen molar-refractivity contribution in [3.63, 3.8) is 0 Å². The molecule has 0 saturated carbocycles. The molecule has 16 heavy (non-hydrogen) atoms. The van der Waals surface area contributed by atoms with Gasteiger partial charge in [-0.1, -0.05) is 6.07 Å². The number of fused-ring (bicyclic) bond motifs is 1. The standard InChI is InChI=1S/C11H13NO3.ClH/c1-15-11(14)10-5-7-2-3-9(13)4-8(7)6-12-10;/h2-4,10,12-13H,5-6H2,1H3;1H. The second-order valence-electron chi connectivity index (χ2n) is 3.61. The number of esters is 1. The molecule has 0 spiro atoms. The monoisotopic (exact) mass is 243 g/mol. The molecule has 1 atom stereocenters. The summed E-state index contributed by atoms with van der Waals surface area (Å²) in [5.41, 5.74) is 2.12. The SMILES string of the molecule is COC(=O)C1Cc2ccc(O)cc2CN1.Cl. The summed E-state index contributed by atoms with van der Waals surface area (Å²) < 4.78 is 4.68. The Morgan fingerprint density at radius 2 is 2.25 bits per heavy atom. The van der Waals surface area contributed by atoms with Gasteiger partial charge < -0.3 is 15.2 Å². The molecule has 4 nitrogen and oxygen atoms in total. The van der Waals surface area contributed by atoms with Gasteiger partial charge in [-0.05, 0) is 29.7 Å². The summed E-state index contributed by atoms with van der Waals surface area (Å²) >= 11 is 0. The van der Waals surface area contributed by atoms with Crippen LogP contribution >= 0.6 is 12.4 Å². The topological polar surface area (TPSA) is 58.6 Å². The molecule has 0 amide bonds. The molecule has 0 radical (unpaired) electrons. The first-order valence-corrected chi connectivity index (χ1v) is 4.82. The summed E-state index contributed by atoms with van der Waals surface area (Å²) in [6.45, 7) is 0.587. The average molecular weight is 244 g/mol. The van der Waals surface area contributed by atoms with E-state index in [1.807, 2.05) is 6.07 Å². The van der Waals surface area contributed by atoms with Crippen LogP contribution in [-0.2, 0) is 22.5 Å². The van der Waals surface area contributed by atoms with Crippen LogP contribution in [0.5, 0.6) is 5.75 Å². The number of halogens is 1. The average Bonchev–Trinajstić information content (AvgIpc) is 2.27. The van der Waals surface area contributed by atoms with E-state index in [2.05, 4.69) is 10.1 Å². The van der Waals surface area contributed by atoms with E-state index >= 15 is 0 Å². The number of aromatic hydroxyl groups is 1. The van der Waals surface area contributed by atoms with Crippen LogP contribution in [0.2, 0.25) is 0 Å². The van der Waals surface area contributed by atoms with Crippen LogP contribution in [0.3, 0.4) is 0 Å². The van der Waals surface area contributed by atoms with Crippen LogP contribution in [0.1, 0.15) is 11.1 Å². The van der Waals surface area contributed by atoms with E-state index < -0.39 is 0 Å². The van der Waals surface area contributed by atoms with Crippen LogP contribution in [0.4, 0.5) is 0 Å². The van der Waals surface area contributed by atoms with Gasteiger partial charge in [-0.2, -0.15) is 0 Å². The second kappa shape index (κ2) is 5.18. The first-order chi connectivity index (χ1) is 7.20. The van der Waals surface area contributed by atoms with Gasteiger partial charge in [0, 0.05) is 6.54 Å². The molecule has 0 aliphatic carbocycles. The lowest BCUT2D eigenvalue weighted by atomic mass is 9.96. The lowest BCUT2D eigenvalue weighted by molar-refractivity contribution is -0.143. The van der Waals surface area contributed by atoms with Crippen LogP contribution < -0.4 is 5.32 Å². The van der Waals surface area contributed by atoms with Crippen LogP contribution in [-0.4, -0.2) is 24.2 Å². The summed E-state index contributed by atoms with van der Waals surface area (Å²) in [6, 6.07) is 4.93. The van der Waals surface area contributed by atoms with E-state index in [0.29, 0.717) is 13.0 Å².